The molecule has 0 saturated heterocycles. The van der Waals surface area contributed by atoms with Crippen molar-refractivity contribution in [3.63, 3.8) is 0 Å². The molecule has 0 aliphatic heterocycles. The number of halogens is 1. The maximum Gasteiger partial charge on any atom is 0.249 e. The van der Waals surface area contributed by atoms with E-state index < -0.39 is 0 Å². The number of nitrogens with zero attached hydrogens (tertiary/aromatic N) is 4. The highest BCUT2D eigenvalue weighted by Gasteiger charge is 2.07. The van der Waals surface area contributed by atoms with Crippen molar-refractivity contribution in [2.24, 2.45) is 0 Å². The van der Waals surface area contributed by atoms with Gasteiger partial charge in [0.15, 0.2) is 5.82 Å². The second kappa shape index (κ2) is 7.56. The maximum absolute atomic E-state index is 6.02. The number of hydrogen-bond acceptors (Lipinski definition) is 7. The molecule has 3 rings (SSSR count). The highest BCUT2D eigenvalue weighted by atomic mass is 35.5. The molecule has 0 radical (unpaired) electrons. The van der Waals surface area contributed by atoms with E-state index in [4.69, 9.17) is 16.3 Å². The third-order valence-corrected chi connectivity index (χ3v) is 3.40. The first-order valence-corrected chi connectivity index (χ1v) is 7.55. The smallest absolute Gasteiger partial charge is 0.249 e. The first-order valence-electron chi connectivity index (χ1n) is 7.17. The Balaban J connectivity index is 1.72. The molecular weight excluding hydrogens is 328 g/mol. The van der Waals surface area contributed by atoms with E-state index in [1.54, 1.807) is 43.9 Å². The molecule has 0 unspecified atom stereocenters. The van der Waals surface area contributed by atoms with Gasteiger partial charge >= 0.3 is 0 Å². The molecule has 7 nitrogen and oxygen atoms in total. The molecule has 122 valence electrons. The van der Waals surface area contributed by atoms with Crippen LogP contribution in [0.1, 0.15) is 5.56 Å². The molecule has 0 aliphatic carbocycles. The summed E-state index contributed by atoms with van der Waals surface area (Å²) >= 11 is 6.02. The van der Waals surface area contributed by atoms with E-state index in [1.807, 2.05) is 12.1 Å². The van der Waals surface area contributed by atoms with Crippen LogP contribution in [0.25, 0.3) is 0 Å². The van der Waals surface area contributed by atoms with E-state index in [9.17, 15) is 0 Å². The zero-order valence-electron chi connectivity index (χ0n) is 12.9. The van der Waals surface area contributed by atoms with Crippen LogP contribution < -0.4 is 15.4 Å². The Bertz CT molecular complexity index is 815. The molecule has 0 fully saturated rings. The summed E-state index contributed by atoms with van der Waals surface area (Å²) in [6.45, 7) is 0.590. The van der Waals surface area contributed by atoms with Crippen LogP contribution in [0.3, 0.4) is 0 Å². The second-order valence-corrected chi connectivity index (χ2v) is 5.29. The highest BCUT2D eigenvalue weighted by Crippen LogP contribution is 2.29. The van der Waals surface area contributed by atoms with Crippen LogP contribution in [-0.2, 0) is 6.54 Å². The van der Waals surface area contributed by atoms with E-state index in [0.29, 0.717) is 34.8 Å². The standard InChI is InChI=1S/C16H15ClN6O/c1-24-14-5-4-12(17)7-13(14)21-16-22-15(10-20-23-16)19-9-11-3-2-6-18-8-11/h2-8,10H,9H2,1H3,(H2,19,21,22,23). The Kier molecular flexibility index (Phi) is 5.02. The molecule has 2 N–H and O–H groups in total. The van der Waals surface area contributed by atoms with Crippen molar-refractivity contribution in [3.05, 3.63) is 59.5 Å². The zero-order chi connectivity index (χ0) is 16.8. The summed E-state index contributed by atoms with van der Waals surface area (Å²) in [5, 5.41) is 14.7. The van der Waals surface area contributed by atoms with Gasteiger partial charge in [-0.05, 0) is 29.8 Å². The van der Waals surface area contributed by atoms with Crippen LogP contribution >= 0.6 is 11.6 Å². The van der Waals surface area contributed by atoms with Crippen LogP contribution in [-0.4, -0.2) is 27.3 Å². The van der Waals surface area contributed by atoms with Gasteiger partial charge in [0.05, 0.1) is 19.0 Å². The van der Waals surface area contributed by atoms with Gasteiger partial charge in [-0.2, -0.15) is 10.1 Å². The number of nitrogens with one attached hydrogen (secondary N) is 2. The summed E-state index contributed by atoms with van der Waals surface area (Å²) in [5.41, 5.74) is 1.71. The molecule has 0 aliphatic rings. The van der Waals surface area contributed by atoms with Crippen LogP contribution in [0.2, 0.25) is 5.02 Å². The van der Waals surface area contributed by atoms with Crippen LogP contribution in [0.15, 0.2) is 48.9 Å². The van der Waals surface area contributed by atoms with Crippen LogP contribution in [0.4, 0.5) is 17.5 Å². The van der Waals surface area contributed by atoms with Crippen LogP contribution in [0, 0.1) is 0 Å². The third-order valence-electron chi connectivity index (χ3n) is 3.16. The second-order valence-electron chi connectivity index (χ2n) is 4.85. The minimum absolute atomic E-state index is 0.340. The van der Waals surface area contributed by atoms with Gasteiger partial charge in [-0.15, -0.1) is 5.10 Å². The summed E-state index contributed by atoms with van der Waals surface area (Å²) in [5.74, 6) is 1.57. The zero-order valence-corrected chi connectivity index (χ0v) is 13.7. The number of aromatic nitrogens is 4. The normalized spacial score (nSPS) is 10.2. The molecule has 0 amide bonds. The molecule has 2 heterocycles. The predicted molar refractivity (Wildman–Crippen MR) is 92.7 cm³/mol. The molecule has 0 spiro atoms. The molecule has 24 heavy (non-hydrogen) atoms. The number of methoxy groups -OCH3 is 1. The Labute approximate surface area is 144 Å². The van der Waals surface area contributed by atoms with Gasteiger partial charge in [-0.1, -0.05) is 17.7 Å². The molecule has 1 aromatic carbocycles. The van der Waals surface area contributed by atoms with Gasteiger partial charge in [0, 0.05) is 24.0 Å². The van der Waals surface area contributed by atoms with Crippen molar-refractivity contribution in [2.45, 2.75) is 6.54 Å². The largest absolute Gasteiger partial charge is 0.495 e. The van der Waals surface area contributed by atoms with Crippen molar-refractivity contribution in [2.75, 3.05) is 17.7 Å². The van der Waals surface area contributed by atoms with E-state index in [2.05, 4.69) is 30.8 Å². The maximum atomic E-state index is 6.02. The Morgan fingerprint density at radius 1 is 1.21 bits per heavy atom. The van der Waals surface area contributed by atoms with E-state index in [1.165, 1.54) is 0 Å². The van der Waals surface area contributed by atoms with Crippen LogP contribution in [0.5, 0.6) is 5.75 Å². The number of ether oxygens (including phenoxy) is 1. The summed E-state index contributed by atoms with van der Waals surface area (Å²) in [6, 6.07) is 9.11. The Hall–Kier alpha value is -2.93. The number of anilines is 3. The lowest BCUT2D eigenvalue weighted by Gasteiger charge is -2.11. The summed E-state index contributed by atoms with van der Waals surface area (Å²) < 4.78 is 5.29. The quantitative estimate of drug-likeness (QED) is 0.711. The van der Waals surface area contributed by atoms with E-state index in [-0.39, 0.29) is 0 Å². The first kappa shape index (κ1) is 15.9. The number of pyridine rings is 1. The van der Waals surface area contributed by atoms with Gasteiger partial charge in [-0.3, -0.25) is 4.98 Å². The third kappa shape index (κ3) is 4.08. The number of rotatable bonds is 6. The lowest BCUT2D eigenvalue weighted by Crippen LogP contribution is -2.06. The fourth-order valence-electron chi connectivity index (χ4n) is 2.04. The number of benzene rings is 1. The Morgan fingerprint density at radius 3 is 2.92 bits per heavy atom. The highest BCUT2D eigenvalue weighted by molar-refractivity contribution is 6.30. The molecular formula is C16H15ClN6O. The monoisotopic (exact) mass is 342 g/mol. The Morgan fingerprint density at radius 2 is 2.12 bits per heavy atom. The molecule has 8 heteroatoms. The van der Waals surface area contributed by atoms with Crippen molar-refractivity contribution in [3.8, 4) is 5.75 Å². The predicted octanol–water partition coefficient (Wildman–Crippen LogP) is 3.28. The van der Waals surface area contributed by atoms with Gasteiger partial charge in [0.1, 0.15) is 5.75 Å². The van der Waals surface area contributed by atoms with Gasteiger partial charge in [0.25, 0.3) is 0 Å². The number of hydrogen-bond donors (Lipinski definition) is 2. The van der Waals surface area contributed by atoms with Crippen molar-refractivity contribution >= 4 is 29.1 Å². The van der Waals surface area contributed by atoms with Crippen molar-refractivity contribution in [1.82, 2.24) is 20.2 Å². The molecule has 0 saturated carbocycles. The minimum atomic E-state index is 0.340. The molecule has 0 bridgehead atoms. The minimum Gasteiger partial charge on any atom is -0.495 e. The van der Waals surface area contributed by atoms with Crippen molar-refractivity contribution < 1.29 is 4.74 Å². The van der Waals surface area contributed by atoms with Crippen molar-refractivity contribution in [1.29, 1.82) is 0 Å². The lowest BCUT2D eigenvalue weighted by atomic mass is 10.3. The SMILES string of the molecule is COc1ccc(Cl)cc1Nc1nncc(NCc2cccnc2)n1. The average Bonchev–Trinajstić information content (AvgIpc) is 2.61. The van der Waals surface area contributed by atoms with E-state index in [0.717, 1.165) is 5.56 Å². The molecule has 0 atom stereocenters. The molecule has 2 aromatic heterocycles. The summed E-state index contributed by atoms with van der Waals surface area (Å²) in [7, 11) is 1.58. The van der Waals surface area contributed by atoms with Gasteiger partial charge in [-0.25, -0.2) is 0 Å². The fraction of sp³-hybridized carbons (Fsp3) is 0.125. The topological polar surface area (TPSA) is 84.9 Å². The van der Waals surface area contributed by atoms with E-state index >= 15 is 0 Å². The average molecular weight is 343 g/mol. The lowest BCUT2D eigenvalue weighted by molar-refractivity contribution is 0.417. The summed E-state index contributed by atoms with van der Waals surface area (Å²) in [6.07, 6.45) is 5.07. The fourth-order valence-corrected chi connectivity index (χ4v) is 2.21. The van der Waals surface area contributed by atoms with Gasteiger partial charge in [0.2, 0.25) is 5.95 Å². The first-order chi connectivity index (χ1) is 11.7. The molecule has 3 aromatic rings. The van der Waals surface area contributed by atoms with Gasteiger partial charge < -0.3 is 15.4 Å². The summed E-state index contributed by atoms with van der Waals surface area (Å²) in [4.78, 5) is 8.44.